The Balaban J connectivity index is 2.29. The maximum Gasteiger partial charge on any atom is 0.300 e. The summed E-state index contributed by atoms with van der Waals surface area (Å²) in [6.45, 7) is 1.91. The van der Waals surface area contributed by atoms with Crippen molar-refractivity contribution in [3.63, 3.8) is 0 Å². The molecule has 1 amide bonds. The van der Waals surface area contributed by atoms with Crippen LogP contribution in [0, 0.1) is 0 Å². The number of carbonyl (C=O) groups excluding carboxylic acids is 1. The summed E-state index contributed by atoms with van der Waals surface area (Å²) in [5, 5.41) is 8.64. The van der Waals surface area contributed by atoms with Crippen LogP contribution in [-0.4, -0.2) is 43.4 Å². The van der Waals surface area contributed by atoms with E-state index in [9.17, 15) is 9.59 Å². The molecule has 9 nitrogen and oxygen atoms in total. The Morgan fingerprint density at radius 3 is 2.95 bits per heavy atom. The minimum absolute atomic E-state index is 0.0874. The van der Waals surface area contributed by atoms with Gasteiger partial charge in [-0.15, -0.1) is 0 Å². The maximum absolute atomic E-state index is 12.1. The number of imidazole rings is 1. The number of nitrogens with zero attached hydrogens (tertiary/aromatic N) is 4. The summed E-state index contributed by atoms with van der Waals surface area (Å²) in [5.41, 5.74) is 2.43. The van der Waals surface area contributed by atoms with Crippen LogP contribution in [0.5, 0.6) is 0 Å². The van der Waals surface area contributed by atoms with E-state index in [4.69, 9.17) is 9.84 Å². The topological polar surface area (TPSA) is 111 Å². The largest absolute Gasteiger partial charge is 0.394 e. The third-order valence-electron chi connectivity index (χ3n) is 2.56. The molecule has 0 aliphatic rings. The first-order valence-electron chi connectivity index (χ1n) is 6.08. The number of aromatic nitrogens is 4. The quantitative estimate of drug-likeness (QED) is 0.660. The summed E-state index contributed by atoms with van der Waals surface area (Å²) >= 11 is 0. The van der Waals surface area contributed by atoms with E-state index < -0.39 is 5.56 Å². The molecule has 0 aliphatic carbocycles. The Labute approximate surface area is 113 Å². The van der Waals surface area contributed by atoms with Gasteiger partial charge in [0, 0.05) is 6.42 Å². The molecule has 20 heavy (non-hydrogen) atoms. The Morgan fingerprint density at radius 2 is 2.25 bits per heavy atom. The number of hydrogen-bond acceptors (Lipinski definition) is 6. The Morgan fingerprint density at radius 1 is 1.45 bits per heavy atom. The summed E-state index contributed by atoms with van der Waals surface area (Å²) in [6.07, 6.45) is 2.90. The van der Waals surface area contributed by atoms with Gasteiger partial charge in [0.1, 0.15) is 13.1 Å². The van der Waals surface area contributed by atoms with Gasteiger partial charge in [-0.3, -0.25) is 19.6 Å². The lowest BCUT2D eigenvalue weighted by atomic mass is 10.5. The first-order chi connectivity index (χ1) is 9.67. The van der Waals surface area contributed by atoms with E-state index in [1.165, 1.54) is 12.7 Å². The highest BCUT2D eigenvalue weighted by molar-refractivity contribution is 5.83. The number of fused-ring (bicyclic) bond motifs is 1. The van der Waals surface area contributed by atoms with Crippen LogP contribution in [0.3, 0.4) is 0 Å². The molecular formula is C11H15N5O4. The molecule has 0 radical (unpaired) electrons. The van der Waals surface area contributed by atoms with Crippen molar-refractivity contribution in [2.24, 2.45) is 0 Å². The van der Waals surface area contributed by atoms with Crippen LogP contribution < -0.4 is 11.0 Å². The average molecular weight is 281 g/mol. The highest BCUT2D eigenvalue weighted by Crippen LogP contribution is 2.04. The molecule has 0 saturated carbocycles. The molecule has 0 spiro atoms. The molecular weight excluding hydrogens is 266 g/mol. The number of rotatable bonds is 6. The van der Waals surface area contributed by atoms with Gasteiger partial charge in [0.05, 0.1) is 19.5 Å². The van der Waals surface area contributed by atoms with Gasteiger partial charge in [0.2, 0.25) is 5.91 Å². The summed E-state index contributed by atoms with van der Waals surface area (Å²) in [5.74, 6) is -0.293. The predicted molar refractivity (Wildman–Crippen MR) is 69.5 cm³/mol. The van der Waals surface area contributed by atoms with Crippen LogP contribution in [0.25, 0.3) is 11.2 Å². The smallest absolute Gasteiger partial charge is 0.300 e. The molecule has 0 atom stereocenters. The third-order valence-corrected chi connectivity index (χ3v) is 2.56. The Hall–Kier alpha value is -2.26. The lowest BCUT2D eigenvalue weighted by molar-refractivity contribution is -0.116. The number of amides is 1. The zero-order chi connectivity index (χ0) is 14.5. The number of aliphatic hydroxyl groups excluding tert-OH is 1. The zero-order valence-electron chi connectivity index (χ0n) is 10.9. The highest BCUT2D eigenvalue weighted by atomic mass is 16.5. The van der Waals surface area contributed by atoms with Gasteiger partial charge in [-0.1, -0.05) is 6.92 Å². The van der Waals surface area contributed by atoms with E-state index >= 15 is 0 Å². The van der Waals surface area contributed by atoms with Crippen molar-refractivity contribution in [3.8, 4) is 0 Å². The first-order valence-corrected chi connectivity index (χ1v) is 6.08. The van der Waals surface area contributed by atoms with Gasteiger partial charge in [-0.25, -0.2) is 14.6 Å². The zero-order valence-corrected chi connectivity index (χ0v) is 10.9. The number of carbonyl (C=O) groups is 1. The molecule has 0 fully saturated rings. The molecule has 2 aromatic heterocycles. The van der Waals surface area contributed by atoms with Crippen LogP contribution in [0.1, 0.15) is 13.3 Å². The fourth-order valence-corrected chi connectivity index (χ4v) is 1.56. The van der Waals surface area contributed by atoms with Gasteiger partial charge in [-0.2, -0.15) is 0 Å². The molecule has 0 saturated heterocycles. The standard InChI is InChI=1S/C11H15N5O4/c1-2-8(18)14-16-6-13-10-9(11(16)19)12-5-15(10)7-20-4-3-17/h5-6,17H,2-4,7H2,1H3,(H,14,18). The lowest BCUT2D eigenvalue weighted by Gasteiger charge is -2.07. The molecule has 2 heterocycles. The van der Waals surface area contributed by atoms with Crippen LogP contribution in [-0.2, 0) is 16.3 Å². The van der Waals surface area contributed by atoms with Gasteiger partial charge < -0.3 is 9.84 Å². The highest BCUT2D eigenvalue weighted by Gasteiger charge is 2.11. The minimum atomic E-state index is -0.460. The fraction of sp³-hybridized carbons (Fsp3) is 0.455. The van der Waals surface area contributed by atoms with Crippen molar-refractivity contribution in [3.05, 3.63) is 23.0 Å². The van der Waals surface area contributed by atoms with Crippen LogP contribution in [0.2, 0.25) is 0 Å². The second-order valence-electron chi connectivity index (χ2n) is 3.96. The summed E-state index contributed by atoms with van der Waals surface area (Å²) in [6, 6.07) is 0. The fourth-order valence-electron chi connectivity index (χ4n) is 1.56. The number of aliphatic hydroxyl groups is 1. The Kier molecular flexibility index (Phi) is 4.43. The van der Waals surface area contributed by atoms with Gasteiger partial charge in [-0.05, 0) is 0 Å². The lowest BCUT2D eigenvalue weighted by Crippen LogP contribution is -2.33. The van der Waals surface area contributed by atoms with Gasteiger partial charge in [0.25, 0.3) is 5.56 Å². The van der Waals surface area contributed by atoms with E-state index in [0.29, 0.717) is 5.65 Å². The van der Waals surface area contributed by atoms with E-state index in [0.717, 1.165) is 4.68 Å². The third kappa shape index (κ3) is 2.83. The van der Waals surface area contributed by atoms with Crippen molar-refractivity contribution in [2.75, 3.05) is 18.6 Å². The van der Waals surface area contributed by atoms with Crippen molar-refractivity contribution < 1.29 is 14.6 Å². The number of nitrogens with one attached hydrogen (secondary N) is 1. The van der Waals surface area contributed by atoms with Crippen LogP contribution in [0.4, 0.5) is 0 Å². The van der Waals surface area contributed by atoms with Crippen molar-refractivity contribution in [1.82, 2.24) is 19.2 Å². The molecule has 0 unspecified atom stereocenters. The van der Waals surface area contributed by atoms with E-state index in [2.05, 4.69) is 15.4 Å². The number of ether oxygens (including phenoxy) is 1. The van der Waals surface area contributed by atoms with Crippen molar-refractivity contribution in [2.45, 2.75) is 20.1 Å². The number of hydrogen-bond donors (Lipinski definition) is 2. The predicted octanol–water partition coefficient (Wildman–Crippen LogP) is -0.960. The van der Waals surface area contributed by atoms with E-state index in [-0.39, 0.29) is 37.8 Å². The van der Waals surface area contributed by atoms with E-state index in [1.54, 1.807) is 11.5 Å². The molecule has 108 valence electrons. The van der Waals surface area contributed by atoms with Gasteiger partial charge in [0.15, 0.2) is 11.2 Å². The SMILES string of the molecule is CCC(=O)Nn1cnc2c(ncn2COCCO)c1=O. The van der Waals surface area contributed by atoms with Crippen molar-refractivity contribution >= 4 is 17.1 Å². The second kappa shape index (κ2) is 6.26. The minimum Gasteiger partial charge on any atom is -0.394 e. The van der Waals surface area contributed by atoms with Crippen LogP contribution in [0.15, 0.2) is 17.4 Å². The van der Waals surface area contributed by atoms with Crippen LogP contribution >= 0.6 is 0 Å². The summed E-state index contributed by atoms with van der Waals surface area (Å²) < 4.78 is 7.68. The normalized spacial score (nSPS) is 10.9. The molecule has 2 aromatic rings. The molecule has 0 bridgehead atoms. The summed E-state index contributed by atoms with van der Waals surface area (Å²) in [4.78, 5) is 31.4. The molecule has 2 rings (SSSR count). The summed E-state index contributed by atoms with van der Waals surface area (Å²) in [7, 11) is 0. The molecule has 0 aliphatic heterocycles. The van der Waals surface area contributed by atoms with E-state index in [1.807, 2.05) is 0 Å². The van der Waals surface area contributed by atoms with Crippen molar-refractivity contribution in [1.29, 1.82) is 0 Å². The monoisotopic (exact) mass is 281 g/mol. The first kappa shape index (κ1) is 14.2. The second-order valence-corrected chi connectivity index (χ2v) is 3.96. The molecule has 0 aromatic carbocycles. The van der Waals surface area contributed by atoms with Gasteiger partial charge >= 0.3 is 0 Å². The maximum atomic E-state index is 12.1. The molecule has 9 heteroatoms. The average Bonchev–Trinajstić information content (AvgIpc) is 2.86. The molecule has 2 N–H and O–H groups in total. The Bertz CT molecular complexity index is 662.